The van der Waals surface area contributed by atoms with Gasteiger partial charge in [0.1, 0.15) is 10.3 Å². The maximum absolute atomic E-state index is 11.4. The van der Waals surface area contributed by atoms with Gasteiger partial charge < -0.3 is 14.6 Å². The SMILES string of the molecule is C[C@@H]1CN(c2nc[nH]c(=O)c2Br)C[C@H](C)O1. The van der Waals surface area contributed by atoms with Crippen molar-refractivity contribution in [3.8, 4) is 0 Å². The normalized spacial score (nSPS) is 25.8. The molecule has 2 atom stereocenters. The number of morpholine rings is 1. The van der Waals surface area contributed by atoms with Crippen molar-refractivity contribution in [1.82, 2.24) is 9.97 Å². The summed E-state index contributed by atoms with van der Waals surface area (Å²) < 4.78 is 6.12. The van der Waals surface area contributed by atoms with Crippen LogP contribution >= 0.6 is 15.9 Å². The lowest BCUT2D eigenvalue weighted by molar-refractivity contribution is -0.00551. The number of hydrogen-bond donors (Lipinski definition) is 1. The minimum absolute atomic E-state index is 0.150. The van der Waals surface area contributed by atoms with Crippen molar-refractivity contribution in [3.63, 3.8) is 0 Å². The van der Waals surface area contributed by atoms with E-state index < -0.39 is 0 Å². The number of H-pyrrole nitrogens is 1. The molecule has 16 heavy (non-hydrogen) atoms. The van der Waals surface area contributed by atoms with Gasteiger partial charge in [-0.15, -0.1) is 0 Å². The Morgan fingerprint density at radius 3 is 2.75 bits per heavy atom. The Labute approximate surface area is 102 Å². The van der Waals surface area contributed by atoms with Crippen molar-refractivity contribution in [2.24, 2.45) is 0 Å². The summed E-state index contributed by atoms with van der Waals surface area (Å²) in [6.45, 7) is 5.53. The number of nitrogens with zero attached hydrogens (tertiary/aromatic N) is 2. The Balaban J connectivity index is 2.30. The number of aromatic nitrogens is 2. The van der Waals surface area contributed by atoms with E-state index >= 15 is 0 Å². The molecule has 2 heterocycles. The summed E-state index contributed by atoms with van der Waals surface area (Å²) in [5.74, 6) is 0.686. The first kappa shape index (κ1) is 11.6. The maximum Gasteiger partial charge on any atom is 0.267 e. The molecule has 0 bridgehead atoms. The lowest BCUT2D eigenvalue weighted by atomic mass is 10.2. The number of ether oxygens (including phenoxy) is 1. The maximum atomic E-state index is 11.4. The largest absolute Gasteiger partial charge is 0.372 e. The van der Waals surface area contributed by atoms with Crippen molar-refractivity contribution in [2.75, 3.05) is 18.0 Å². The molecular weight excluding hydrogens is 274 g/mol. The van der Waals surface area contributed by atoms with Gasteiger partial charge >= 0.3 is 0 Å². The minimum Gasteiger partial charge on any atom is -0.372 e. The van der Waals surface area contributed by atoms with Gasteiger partial charge in [0.15, 0.2) is 0 Å². The quantitative estimate of drug-likeness (QED) is 0.842. The van der Waals surface area contributed by atoms with Crippen LogP contribution in [0.3, 0.4) is 0 Å². The second-order valence-electron chi connectivity index (χ2n) is 4.03. The molecule has 1 saturated heterocycles. The summed E-state index contributed by atoms with van der Waals surface area (Å²) in [7, 11) is 0. The first-order valence-electron chi connectivity index (χ1n) is 5.21. The van der Waals surface area contributed by atoms with Gasteiger partial charge in [0.05, 0.1) is 18.5 Å². The molecule has 1 aliphatic rings. The molecule has 0 spiro atoms. The van der Waals surface area contributed by atoms with Gasteiger partial charge in [0.25, 0.3) is 5.56 Å². The molecule has 6 heteroatoms. The molecule has 2 rings (SSSR count). The summed E-state index contributed by atoms with van der Waals surface area (Å²) in [4.78, 5) is 20.2. The van der Waals surface area contributed by atoms with Gasteiger partial charge in [-0.25, -0.2) is 4.98 Å². The Kier molecular flexibility index (Phi) is 3.30. The topological polar surface area (TPSA) is 58.2 Å². The van der Waals surface area contributed by atoms with Crippen molar-refractivity contribution >= 4 is 21.7 Å². The first-order valence-corrected chi connectivity index (χ1v) is 6.01. The van der Waals surface area contributed by atoms with Gasteiger partial charge in [0, 0.05) is 13.1 Å². The number of rotatable bonds is 1. The second kappa shape index (κ2) is 4.55. The van der Waals surface area contributed by atoms with E-state index in [2.05, 4.69) is 30.8 Å². The van der Waals surface area contributed by atoms with E-state index in [1.807, 2.05) is 13.8 Å². The smallest absolute Gasteiger partial charge is 0.267 e. The Morgan fingerprint density at radius 1 is 1.50 bits per heavy atom. The summed E-state index contributed by atoms with van der Waals surface area (Å²) in [5, 5.41) is 0. The molecule has 88 valence electrons. The van der Waals surface area contributed by atoms with Crippen molar-refractivity contribution in [1.29, 1.82) is 0 Å². The van der Waals surface area contributed by atoms with Crippen LogP contribution in [0.2, 0.25) is 0 Å². The molecule has 1 aliphatic heterocycles. The van der Waals surface area contributed by atoms with E-state index in [0.29, 0.717) is 10.3 Å². The highest BCUT2D eigenvalue weighted by molar-refractivity contribution is 9.10. The summed E-state index contributed by atoms with van der Waals surface area (Å²) in [6, 6.07) is 0. The van der Waals surface area contributed by atoms with Crippen LogP contribution in [0, 0.1) is 0 Å². The zero-order chi connectivity index (χ0) is 11.7. The second-order valence-corrected chi connectivity index (χ2v) is 4.82. The molecule has 1 N–H and O–H groups in total. The lowest BCUT2D eigenvalue weighted by Crippen LogP contribution is -2.46. The highest BCUT2D eigenvalue weighted by atomic mass is 79.9. The molecule has 0 saturated carbocycles. The third kappa shape index (κ3) is 2.27. The predicted octanol–water partition coefficient (Wildman–Crippen LogP) is 1.15. The molecule has 0 aromatic carbocycles. The molecule has 1 aromatic heterocycles. The number of anilines is 1. The van der Waals surface area contributed by atoms with E-state index in [9.17, 15) is 4.79 Å². The Hall–Kier alpha value is -0.880. The fraction of sp³-hybridized carbons (Fsp3) is 0.600. The van der Waals surface area contributed by atoms with Gasteiger partial charge in [-0.1, -0.05) is 0 Å². The van der Waals surface area contributed by atoms with Gasteiger partial charge in [-0.2, -0.15) is 0 Å². The van der Waals surface area contributed by atoms with Gasteiger partial charge in [-0.3, -0.25) is 4.79 Å². The third-order valence-corrected chi connectivity index (χ3v) is 3.21. The van der Waals surface area contributed by atoms with Crippen molar-refractivity contribution in [3.05, 3.63) is 21.2 Å². The minimum atomic E-state index is -0.156. The zero-order valence-electron chi connectivity index (χ0n) is 9.24. The van der Waals surface area contributed by atoms with E-state index in [4.69, 9.17) is 4.74 Å². The van der Waals surface area contributed by atoms with E-state index in [1.54, 1.807) is 0 Å². The van der Waals surface area contributed by atoms with Gasteiger partial charge in [-0.05, 0) is 29.8 Å². The number of hydrogen-bond acceptors (Lipinski definition) is 4. The molecule has 5 nitrogen and oxygen atoms in total. The highest BCUT2D eigenvalue weighted by Gasteiger charge is 2.25. The third-order valence-electron chi connectivity index (χ3n) is 2.50. The molecule has 1 aromatic rings. The van der Waals surface area contributed by atoms with Crippen molar-refractivity contribution in [2.45, 2.75) is 26.1 Å². The average molecular weight is 288 g/mol. The average Bonchev–Trinajstić information content (AvgIpc) is 2.20. The fourth-order valence-electron chi connectivity index (χ4n) is 1.94. The number of halogens is 1. The Bertz CT molecular complexity index is 424. The van der Waals surface area contributed by atoms with Gasteiger partial charge in [0.2, 0.25) is 0 Å². The van der Waals surface area contributed by atoms with Crippen LogP contribution in [0.1, 0.15) is 13.8 Å². The molecule has 0 aliphatic carbocycles. The first-order chi connectivity index (χ1) is 7.58. The van der Waals surface area contributed by atoms with E-state index in [0.717, 1.165) is 13.1 Å². The van der Waals surface area contributed by atoms with Crippen LogP contribution in [-0.4, -0.2) is 35.3 Å². The monoisotopic (exact) mass is 287 g/mol. The number of nitrogens with one attached hydrogen (secondary N) is 1. The number of aromatic amines is 1. The van der Waals surface area contributed by atoms with Crippen LogP contribution in [0.25, 0.3) is 0 Å². The standard InChI is InChI=1S/C10H14BrN3O2/c1-6-3-14(4-7(2)16-6)9-8(11)10(15)13-5-12-9/h5-7H,3-4H2,1-2H3,(H,12,13,15)/t6-,7+. The summed E-state index contributed by atoms with van der Waals surface area (Å²) in [6.07, 6.45) is 1.72. The molecule has 1 fully saturated rings. The summed E-state index contributed by atoms with van der Waals surface area (Å²) >= 11 is 3.27. The van der Waals surface area contributed by atoms with Crippen LogP contribution < -0.4 is 10.5 Å². The molecule has 0 unspecified atom stereocenters. The predicted molar refractivity (Wildman–Crippen MR) is 64.8 cm³/mol. The highest BCUT2D eigenvalue weighted by Crippen LogP contribution is 2.22. The van der Waals surface area contributed by atoms with Crippen LogP contribution in [0.15, 0.2) is 15.6 Å². The van der Waals surface area contributed by atoms with Crippen molar-refractivity contribution < 1.29 is 4.74 Å². The van der Waals surface area contributed by atoms with Crippen LogP contribution in [-0.2, 0) is 4.74 Å². The van der Waals surface area contributed by atoms with Crippen LogP contribution in [0.5, 0.6) is 0 Å². The van der Waals surface area contributed by atoms with E-state index in [-0.39, 0.29) is 17.8 Å². The molecular formula is C10H14BrN3O2. The fourth-order valence-corrected chi connectivity index (χ4v) is 2.41. The molecule has 0 amide bonds. The molecule has 0 radical (unpaired) electrons. The Morgan fingerprint density at radius 2 is 2.12 bits per heavy atom. The van der Waals surface area contributed by atoms with E-state index in [1.165, 1.54) is 6.33 Å². The summed E-state index contributed by atoms with van der Waals surface area (Å²) in [5.41, 5.74) is -0.156. The lowest BCUT2D eigenvalue weighted by Gasteiger charge is -2.36. The zero-order valence-corrected chi connectivity index (χ0v) is 10.8. The van der Waals surface area contributed by atoms with Crippen LogP contribution in [0.4, 0.5) is 5.82 Å².